The molecule has 1 aliphatic carbocycles. The van der Waals surface area contributed by atoms with Crippen molar-refractivity contribution in [1.29, 1.82) is 5.26 Å². The maximum Gasteiger partial charge on any atom is 0.262 e. The van der Waals surface area contributed by atoms with E-state index in [9.17, 15) is 10.1 Å². The number of nitriles is 1. The number of halogens is 1. The van der Waals surface area contributed by atoms with Gasteiger partial charge in [0, 0.05) is 6.04 Å². The standard InChI is InChI=1S/C17H19BrN2O2/c1-2-22-16-8-7-12(10-15(16)18)9-13(11-19)17(21)20-14-5-3-4-6-14/h7-10,14H,2-6H2,1H3,(H,20,21)/b13-9+. The van der Waals surface area contributed by atoms with Crippen molar-refractivity contribution >= 4 is 27.9 Å². The molecule has 0 aliphatic heterocycles. The number of nitrogens with zero attached hydrogens (tertiary/aromatic N) is 1. The molecule has 1 amide bonds. The Hall–Kier alpha value is -1.80. The molecule has 5 heteroatoms. The maximum atomic E-state index is 12.2. The zero-order chi connectivity index (χ0) is 15.9. The van der Waals surface area contributed by atoms with Crippen LogP contribution in [0.5, 0.6) is 5.75 Å². The third-order valence-corrected chi connectivity index (χ3v) is 4.24. The van der Waals surface area contributed by atoms with Gasteiger partial charge in [0.1, 0.15) is 17.4 Å². The third-order valence-electron chi connectivity index (χ3n) is 3.62. The number of nitrogens with one attached hydrogen (secondary N) is 1. The van der Waals surface area contributed by atoms with Crippen LogP contribution in [0.3, 0.4) is 0 Å². The molecule has 22 heavy (non-hydrogen) atoms. The summed E-state index contributed by atoms with van der Waals surface area (Å²) in [5, 5.41) is 12.2. The Kier molecular flexibility index (Phi) is 6.02. The van der Waals surface area contributed by atoms with Gasteiger partial charge in [0.15, 0.2) is 0 Å². The Labute approximate surface area is 139 Å². The number of carbonyl (C=O) groups excluding carboxylic acids is 1. The minimum atomic E-state index is -0.292. The van der Waals surface area contributed by atoms with Crippen LogP contribution in [0.25, 0.3) is 6.08 Å². The van der Waals surface area contributed by atoms with E-state index in [4.69, 9.17) is 4.74 Å². The number of hydrogen-bond acceptors (Lipinski definition) is 3. The fourth-order valence-corrected chi connectivity index (χ4v) is 3.04. The second kappa shape index (κ2) is 8.00. The Morgan fingerprint density at radius 3 is 2.82 bits per heavy atom. The van der Waals surface area contributed by atoms with Crippen molar-refractivity contribution in [3.05, 3.63) is 33.8 Å². The van der Waals surface area contributed by atoms with Crippen LogP contribution in [0.1, 0.15) is 38.2 Å². The summed E-state index contributed by atoms with van der Waals surface area (Å²) in [5.74, 6) is 0.452. The molecule has 0 aromatic heterocycles. The summed E-state index contributed by atoms with van der Waals surface area (Å²) in [4.78, 5) is 12.2. The fourth-order valence-electron chi connectivity index (χ4n) is 2.53. The third kappa shape index (κ3) is 4.35. The lowest BCUT2D eigenvalue weighted by atomic mass is 10.1. The summed E-state index contributed by atoms with van der Waals surface area (Å²) in [6, 6.07) is 7.68. The average molecular weight is 363 g/mol. The van der Waals surface area contributed by atoms with E-state index in [0.29, 0.717) is 6.61 Å². The Morgan fingerprint density at radius 2 is 2.23 bits per heavy atom. The van der Waals surface area contributed by atoms with E-state index in [1.165, 1.54) is 0 Å². The zero-order valence-electron chi connectivity index (χ0n) is 12.6. The average Bonchev–Trinajstić information content (AvgIpc) is 3.00. The largest absolute Gasteiger partial charge is 0.493 e. The summed E-state index contributed by atoms with van der Waals surface area (Å²) < 4.78 is 6.25. The van der Waals surface area contributed by atoms with E-state index in [-0.39, 0.29) is 17.5 Å². The van der Waals surface area contributed by atoms with Gasteiger partial charge in [0.05, 0.1) is 11.1 Å². The molecule has 0 saturated heterocycles. The lowest BCUT2D eigenvalue weighted by Gasteiger charge is -2.11. The van der Waals surface area contributed by atoms with Gasteiger partial charge < -0.3 is 10.1 Å². The molecular weight excluding hydrogens is 344 g/mol. The molecule has 1 aromatic carbocycles. The van der Waals surface area contributed by atoms with Crippen LogP contribution in [0.15, 0.2) is 28.2 Å². The van der Waals surface area contributed by atoms with Gasteiger partial charge in [0.25, 0.3) is 5.91 Å². The molecule has 1 aliphatic rings. The van der Waals surface area contributed by atoms with Gasteiger partial charge in [-0.15, -0.1) is 0 Å². The first kappa shape index (κ1) is 16.6. The lowest BCUT2D eigenvalue weighted by molar-refractivity contribution is -0.117. The molecule has 0 unspecified atom stereocenters. The SMILES string of the molecule is CCOc1ccc(/C=C(\C#N)C(=O)NC2CCCC2)cc1Br. The highest BCUT2D eigenvalue weighted by Gasteiger charge is 2.19. The molecule has 4 nitrogen and oxygen atoms in total. The summed E-state index contributed by atoms with van der Waals surface area (Å²) in [6.45, 7) is 2.50. The van der Waals surface area contributed by atoms with Crippen molar-refractivity contribution in [1.82, 2.24) is 5.32 Å². The number of hydrogen-bond donors (Lipinski definition) is 1. The van der Waals surface area contributed by atoms with Crippen molar-refractivity contribution in [3.63, 3.8) is 0 Å². The van der Waals surface area contributed by atoms with Gasteiger partial charge in [-0.05, 0) is 59.5 Å². The minimum Gasteiger partial charge on any atom is -0.493 e. The summed E-state index contributed by atoms with van der Waals surface area (Å²) in [5.41, 5.74) is 0.913. The second-order valence-corrected chi connectivity index (χ2v) is 6.10. The summed E-state index contributed by atoms with van der Waals surface area (Å²) in [7, 11) is 0. The first-order valence-electron chi connectivity index (χ1n) is 7.49. The van der Waals surface area contributed by atoms with E-state index < -0.39 is 0 Å². The van der Waals surface area contributed by atoms with Crippen LogP contribution in [-0.4, -0.2) is 18.6 Å². The first-order chi connectivity index (χ1) is 10.6. The number of carbonyl (C=O) groups is 1. The lowest BCUT2D eigenvalue weighted by Crippen LogP contribution is -2.33. The molecule has 0 heterocycles. The van der Waals surface area contributed by atoms with Crippen molar-refractivity contribution in [2.24, 2.45) is 0 Å². The van der Waals surface area contributed by atoms with Crippen LogP contribution < -0.4 is 10.1 Å². The molecule has 1 fully saturated rings. The Balaban J connectivity index is 2.12. The molecule has 116 valence electrons. The molecule has 1 aromatic rings. The summed E-state index contributed by atoms with van der Waals surface area (Å²) in [6.07, 6.45) is 5.88. The van der Waals surface area contributed by atoms with Crippen LogP contribution >= 0.6 is 15.9 Å². The molecule has 0 bridgehead atoms. The molecular formula is C17H19BrN2O2. The highest BCUT2D eigenvalue weighted by atomic mass is 79.9. The second-order valence-electron chi connectivity index (χ2n) is 5.25. The first-order valence-corrected chi connectivity index (χ1v) is 8.28. The van der Waals surface area contributed by atoms with Gasteiger partial charge >= 0.3 is 0 Å². The van der Waals surface area contributed by atoms with E-state index in [1.54, 1.807) is 6.08 Å². The van der Waals surface area contributed by atoms with E-state index in [2.05, 4.69) is 21.2 Å². The molecule has 1 N–H and O–H groups in total. The van der Waals surface area contributed by atoms with Gasteiger partial charge in [-0.2, -0.15) is 5.26 Å². The Bertz CT molecular complexity index is 614. The summed E-state index contributed by atoms with van der Waals surface area (Å²) >= 11 is 3.43. The number of rotatable bonds is 5. The normalized spacial score (nSPS) is 15.4. The molecule has 0 atom stereocenters. The van der Waals surface area contributed by atoms with E-state index >= 15 is 0 Å². The van der Waals surface area contributed by atoms with Crippen molar-refractivity contribution in [2.75, 3.05) is 6.61 Å². The predicted octanol–water partition coefficient (Wildman–Crippen LogP) is 3.81. The zero-order valence-corrected chi connectivity index (χ0v) is 14.1. The van der Waals surface area contributed by atoms with Crippen molar-refractivity contribution < 1.29 is 9.53 Å². The quantitative estimate of drug-likeness (QED) is 0.639. The van der Waals surface area contributed by atoms with Gasteiger partial charge in [-0.25, -0.2) is 0 Å². The maximum absolute atomic E-state index is 12.2. The van der Waals surface area contributed by atoms with Crippen LogP contribution in [0.2, 0.25) is 0 Å². The van der Waals surface area contributed by atoms with Crippen molar-refractivity contribution in [2.45, 2.75) is 38.6 Å². The number of ether oxygens (including phenoxy) is 1. The molecule has 1 saturated carbocycles. The van der Waals surface area contributed by atoms with Gasteiger partial charge in [-0.1, -0.05) is 18.9 Å². The molecule has 2 rings (SSSR count). The smallest absolute Gasteiger partial charge is 0.262 e. The molecule has 0 radical (unpaired) electrons. The highest BCUT2D eigenvalue weighted by molar-refractivity contribution is 9.10. The highest BCUT2D eigenvalue weighted by Crippen LogP contribution is 2.27. The van der Waals surface area contributed by atoms with Gasteiger partial charge in [0.2, 0.25) is 0 Å². The van der Waals surface area contributed by atoms with E-state index in [1.807, 2.05) is 31.2 Å². The molecule has 0 spiro atoms. The van der Waals surface area contributed by atoms with Crippen LogP contribution in [-0.2, 0) is 4.79 Å². The number of amides is 1. The monoisotopic (exact) mass is 362 g/mol. The Morgan fingerprint density at radius 1 is 1.50 bits per heavy atom. The van der Waals surface area contributed by atoms with Crippen LogP contribution in [0, 0.1) is 11.3 Å². The fraction of sp³-hybridized carbons (Fsp3) is 0.412. The van der Waals surface area contributed by atoms with Gasteiger partial charge in [-0.3, -0.25) is 4.79 Å². The number of benzene rings is 1. The minimum absolute atomic E-state index is 0.128. The predicted molar refractivity (Wildman–Crippen MR) is 89.3 cm³/mol. The van der Waals surface area contributed by atoms with E-state index in [0.717, 1.165) is 41.5 Å². The van der Waals surface area contributed by atoms with Crippen molar-refractivity contribution in [3.8, 4) is 11.8 Å². The van der Waals surface area contributed by atoms with Crippen LogP contribution in [0.4, 0.5) is 0 Å². The topological polar surface area (TPSA) is 62.1 Å².